The molecule has 1 rings (SSSR count). The van der Waals surface area contributed by atoms with Crippen molar-refractivity contribution in [2.24, 2.45) is 11.8 Å². The SMILES string of the molecule is CC(C)C(C)(O)CC1COCCC1=O. The summed E-state index contributed by atoms with van der Waals surface area (Å²) in [5.41, 5.74) is -0.763. The van der Waals surface area contributed by atoms with E-state index in [-0.39, 0.29) is 17.6 Å². The Morgan fingerprint density at radius 1 is 1.64 bits per heavy atom. The van der Waals surface area contributed by atoms with Gasteiger partial charge in [-0.15, -0.1) is 0 Å². The summed E-state index contributed by atoms with van der Waals surface area (Å²) < 4.78 is 5.25. The molecule has 2 atom stereocenters. The summed E-state index contributed by atoms with van der Waals surface area (Å²) in [5, 5.41) is 10.1. The van der Waals surface area contributed by atoms with Crippen LogP contribution >= 0.6 is 0 Å². The summed E-state index contributed by atoms with van der Waals surface area (Å²) in [6.45, 7) is 6.74. The smallest absolute Gasteiger partial charge is 0.140 e. The van der Waals surface area contributed by atoms with Crippen molar-refractivity contribution in [3.63, 3.8) is 0 Å². The van der Waals surface area contributed by atoms with Crippen molar-refractivity contribution in [2.45, 2.75) is 39.2 Å². The van der Waals surface area contributed by atoms with Crippen molar-refractivity contribution in [2.75, 3.05) is 13.2 Å². The highest BCUT2D eigenvalue weighted by Gasteiger charge is 2.33. The van der Waals surface area contributed by atoms with Gasteiger partial charge in [0.1, 0.15) is 5.78 Å². The van der Waals surface area contributed by atoms with Gasteiger partial charge in [0, 0.05) is 12.3 Å². The highest BCUT2D eigenvalue weighted by molar-refractivity contribution is 5.81. The van der Waals surface area contributed by atoms with Crippen molar-refractivity contribution in [1.29, 1.82) is 0 Å². The van der Waals surface area contributed by atoms with Crippen LogP contribution in [0, 0.1) is 11.8 Å². The zero-order valence-corrected chi connectivity index (χ0v) is 9.25. The van der Waals surface area contributed by atoms with Gasteiger partial charge in [0.15, 0.2) is 0 Å². The van der Waals surface area contributed by atoms with Gasteiger partial charge in [0.2, 0.25) is 0 Å². The fraction of sp³-hybridized carbons (Fsp3) is 0.909. The van der Waals surface area contributed by atoms with E-state index < -0.39 is 5.60 Å². The van der Waals surface area contributed by atoms with Gasteiger partial charge in [-0.25, -0.2) is 0 Å². The first-order valence-electron chi connectivity index (χ1n) is 5.26. The fourth-order valence-corrected chi connectivity index (χ4v) is 1.60. The second kappa shape index (κ2) is 4.41. The maximum absolute atomic E-state index is 11.5. The molecule has 14 heavy (non-hydrogen) atoms. The van der Waals surface area contributed by atoms with Crippen LogP contribution in [0.25, 0.3) is 0 Å². The molecule has 0 aromatic rings. The topological polar surface area (TPSA) is 46.5 Å². The molecule has 0 aliphatic carbocycles. The molecule has 1 heterocycles. The summed E-state index contributed by atoms with van der Waals surface area (Å²) in [7, 11) is 0. The van der Waals surface area contributed by atoms with Gasteiger partial charge in [-0.3, -0.25) is 4.79 Å². The Bertz CT molecular complexity index is 209. The minimum Gasteiger partial charge on any atom is -0.390 e. The van der Waals surface area contributed by atoms with Crippen LogP contribution in [0.2, 0.25) is 0 Å². The van der Waals surface area contributed by atoms with E-state index >= 15 is 0 Å². The number of hydrogen-bond acceptors (Lipinski definition) is 3. The zero-order valence-electron chi connectivity index (χ0n) is 9.25. The van der Waals surface area contributed by atoms with Gasteiger partial charge >= 0.3 is 0 Å². The largest absolute Gasteiger partial charge is 0.390 e. The molecular weight excluding hydrogens is 180 g/mol. The Morgan fingerprint density at radius 3 is 2.79 bits per heavy atom. The number of ether oxygens (including phenoxy) is 1. The molecule has 0 spiro atoms. The highest BCUT2D eigenvalue weighted by atomic mass is 16.5. The number of carbonyl (C=O) groups excluding carboxylic acids is 1. The normalized spacial score (nSPS) is 27.8. The number of rotatable bonds is 3. The van der Waals surface area contributed by atoms with E-state index in [1.54, 1.807) is 6.92 Å². The van der Waals surface area contributed by atoms with Crippen LogP contribution in [0.3, 0.4) is 0 Å². The van der Waals surface area contributed by atoms with Gasteiger partial charge < -0.3 is 9.84 Å². The Hall–Kier alpha value is -0.410. The maximum atomic E-state index is 11.5. The monoisotopic (exact) mass is 200 g/mol. The second-order valence-corrected chi connectivity index (χ2v) is 4.70. The molecule has 1 aliphatic rings. The molecule has 0 aromatic carbocycles. The first-order valence-corrected chi connectivity index (χ1v) is 5.26. The standard InChI is InChI=1S/C11H20O3/c1-8(2)11(3,13)6-9-7-14-5-4-10(9)12/h8-9,13H,4-7H2,1-3H3. The van der Waals surface area contributed by atoms with E-state index in [1.807, 2.05) is 13.8 Å². The Morgan fingerprint density at radius 2 is 2.29 bits per heavy atom. The highest BCUT2D eigenvalue weighted by Crippen LogP contribution is 2.27. The number of Topliss-reactive ketones (excluding diaryl/α,β-unsaturated/α-hetero) is 1. The summed E-state index contributed by atoms with van der Waals surface area (Å²) >= 11 is 0. The van der Waals surface area contributed by atoms with Crippen LogP contribution in [0.15, 0.2) is 0 Å². The fourth-order valence-electron chi connectivity index (χ4n) is 1.60. The third-order valence-corrected chi connectivity index (χ3v) is 3.17. The first-order chi connectivity index (χ1) is 6.43. The van der Waals surface area contributed by atoms with Crippen LogP contribution in [-0.4, -0.2) is 29.7 Å². The van der Waals surface area contributed by atoms with Crippen LogP contribution in [0.1, 0.15) is 33.6 Å². The molecule has 1 aliphatic heterocycles. The maximum Gasteiger partial charge on any atom is 0.140 e. The molecule has 0 radical (unpaired) electrons. The zero-order chi connectivity index (χ0) is 10.8. The lowest BCUT2D eigenvalue weighted by atomic mass is 9.81. The molecule has 0 saturated carbocycles. The van der Waals surface area contributed by atoms with E-state index in [0.717, 1.165) is 0 Å². The van der Waals surface area contributed by atoms with Crippen molar-refractivity contribution >= 4 is 5.78 Å². The molecule has 82 valence electrons. The lowest BCUT2D eigenvalue weighted by Crippen LogP contribution is -2.39. The molecular formula is C11H20O3. The second-order valence-electron chi connectivity index (χ2n) is 4.70. The van der Waals surface area contributed by atoms with Gasteiger partial charge in [0.25, 0.3) is 0 Å². The number of aliphatic hydroxyl groups is 1. The van der Waals surface area contributed by atoms with Crippen molar-refractivity contribution < 1.29 is 14.6 Å². The number of hydrogen-bond donors (Lipinski definition) is 1. The van der Waals surface area contributed by atoms with E-state index in [2.05, 4.69) is 0 Å². The lowest BCUT2D eigenvalue weighted by molar-refractivity contribution is -0.134. The number of carbonyl (C=O) groups is 1. The van der Waals surface area contributed by atoms with Crippen LogP contribution in [-0.2, 0) is 9.53 Å². The van der Waals surface area contributed by atoms with Gasteiger partial charge in [-0.1, -0.05) is 13.8 Å². The average molecular weight is 200 g/mol. The molecule has 2 unspecified atom stereocenters. The minimum absolute atomic E-state index is 0.110. The van der Waals surface area contributed by atoms with E-state index in [9.17, 15) is 9.90 Å². The van der Waals surface area contributed by atoms with E-state index in [1.165, 1.54) is 0 Å². The van der Waals surface area contributed by atoms with Crippen molar-refractivity contribution in [3.05, 3.63) is 0 Å². The predicted octanol–water partition coefficient (Wildman–Crippen LogP) is 1.39. The third kappa shape index (κ3) is 2.79. The quantitative estimate of drug-likeness (QED) is 0.749. The molecule has 0 aromatic heterocycles. The average Bonchev–Trinajstić information content (AvgIpc) is 2.08. The minimum atomic E-state index is -0.763. The van der Waals surface area contributed by atoms with Crippen molar-refractivity contribution in [3.8, 4) is 0 Å². The van der Waals surface area contributed by atoms with Gasteiger partial charge in [0.05, 0.1) is 18.8 Å². The Balaban J connectivity index is 2.53. The first kappa shape index (κ1) is 11.7. The Kier molecular flexibility index (Phi) is 3.67. The van der Waals surface area contributed by atoms with Gasteiger partial charge in [-0.05, 0) is 19.3 Å². The van der Waals surface area contributed by atoms with Gasteiger partial charge in [-0.2, -0.15) is 0 Å². The molecule has 3 heteroatoms. The van der Waals surface area contributed by atoms with E-state index in [4.69, 9.17) is 4.74 Å². The predicted molar refractivity (Wildman–Crippen MR) is 54.0 cm³/mol. The Labute approximate surface area is 85.5 Å². The summed E-state index contributed by atoms with van der Waals surface area (Å²) in [6.07, 6.45) is 1.02. The summed E-state index contributed by atoms with van der Waals surface area (Å²) in [6, 6.07) is 0. The van der Waals surface area contributed by atoms with Crippen LogP contribution in [0.4, 0.5) is 0 Å². The molecule has 0 amide bonds. The van der Waals surface area contributed by atoms with E-state index in [0.29, 0.717) is 26.1 Å². The molecule has 0 bridgehead atoms. The molecule has 1 fully saturated rings. The van der Waals surface area contributed by atoms with Crippen molar-refractivity contribution in [1.82, 2.24) is 0 Å². The summed E-state index contributed by atoms with van der Waals surface area (Å²) in [5.74, 6) is 0.288. The number of ketones is 1. The third-order valence-electron chi connectivity index (χ3n) is 3.17. The van der Waals surface area contributed by atoms with Crippen LogP contribution in [0.5, 0.6) is 0 Å². The molecule has 1 saturated heterocycles. The molecule has 3 nitrogen and oxygen atoms in total. The van der Waals surface area contributed by atoms with Crippen LogP contribution < -0.4 is 0 Å². The molecule has 1 N–H and O–H groups in total. The lowest BCUT2D eigenvalue weighted by Gasteiger charge is -2.32. The summed E-state index contributed by atoms with van der Waals surface area (Å²) in [4.78, 5) is 11.5.